The summed E-state index contributed by atoms with van der Waals surface area (Å²) in [5.41, 5.74) is 3.08. The maximum absolute atomic E-state index is 13.8. The third-order valence-electron chi connectivity index (χ3n) is 3.73. The highest BCUT2D eigenvalue weighted by molar-refractivity contribution is 7.99. The first-order valence-corrected chi connectivity index (χ1v) is 7.71. The zero-order valence-electron chi connectivity index (χ0n) is 11.6. The Morgan fingerprint density at radius 1 is 1.45 bits per heavy atom. The number of hydrogen-bond acceptors (Lipinski definition) is 4. The van der Waals surface area contributed by atoms with Crippen LogP contribution in [-0.2, 0) is 6.54 Å². The molecule has 0 saturated heterocycles. The molecule has 1 atom stereocenters. The Hall–Kier alpha value is -1.33. The van der Waals surface area contributed by atoms with Crippen molar-refractivity contribution in [2.75, 3.05) is 5.75 Å². The van der Waals surface area contributed by atoms with Gasteiger partial charge in [0, 0.05) is 23.0 Å². The van der Waals surface area contributed by atoms with Crippen LogP contribution in [-0.4, -0.2) is 10.9 Å². The van der Waals surface area contributed by atoms with Crippen molar-refractivity contribution in [2.45, 2.75) is 37.8 Å². The number of nitrogens with one attached hydrogen (secondary N) is 1. The Labute approximate surface area is 121 Å². The van der Waals surface area contributed by atoms with E-state index in [9.17, 15) is 4.39 Å². The van der Waals surface area contributed by atoms with Crippen LogP contribution in [0, 0.1) is 19.7 Å². The molecule has 0 bridgehead atoms. The van der Waals surface area contributed by atoms with Crippen LogP contribution < -0.4 is 5.32 Å². The van der Waals surface area contributed by atoms with Crippen molar-refractivity contribution in [1.82, 2.24) is 10.5 Å². The quantitative estimate of drug-likeness (QED) is 0.935. The summed E-state index contributed by atoms with van der Waals surface area (Å²) in [6.07, 6.45) is 1.00. The van der Waals surface area contributed by atoms with E-state index >= 15 is 0 Å². The van der Waals surface area contributed by atoms with E-state index in [1.807, 2.05) is 19.9 Å². The van der Waals surface area contributed by atoms with Gasteiger partial charge < -0.3 is 9.84 Å². The van der Waals surface area contributed by atoms with E-state index in [4.69, 9.17) is 4.52 Å². The molecule has 0 saturated carbocycles. The molecule has 3 rings (SSSR count). The van der Waals surface area contributed by atoms with Crippen molar-refractivity contribution in [3.05, 3.63) is 46.6 Å². The monoisotopic (exact) mass is 292 g/mol. The molecule has 2 aromatic rings. The number of thioether (sulfide) groups is 1. The van der Waals surface area contributed by atoms with Crippen molar-refractivity contribution >= 4 is 11.8 Å². The maximum Gasteiger partial charge on any atom is 0.138 e. The summed E-state index contributed by atoms with van der Waals surface area (Å²) in [6.45, 7) is 4.56. The van der Waals surface area contributed by atoms with Crippen LogP contribution in [0.25, 0.3) is 0 Å². The summed E-state index contributed by atoms with van der Waals surface area (Å²) in [6, 6.07) is 5.51. The molecule has 20 heavy (non-hydrogen) atoms. The molecule has 1 aromatic heterocycles. The van der Waals surface area contributed by atoms with Crippen LogP contribution in [0.15, 0.2) is 27.6 Å². The van der Waals surface area contributed by atoms with Crippen LogP contribution >= 0.6 is 11.8 Å². The van der Waals surface area contributed by atoms with Crippen LogP contribution in [0.1, 0.15) is 35.0 Å². The van der Waals surface area contributed by atoms with Crippen LogP contribution in [0.3, 0.4) is 0 Å². The standard InChI is InChI=1S/C15H17FN2OS/c1-9-12(10(2)19-18-9)8-17-14-6-7-20-15-11(14)4-3-5-13(15)16/h3-5,14,17H,6-8H2,1-2H3. The van der Waals surface area contributed by atoms with E-state index < -0.39 is 0 Å². The second-order valence-corrected chi connectivity index (χ2v) is 6.14. The molecule has 1 aliphatic heterocycles. The van der Waals surface area contributed by atoms with Gasteiger partial charge >= 0.3 is 0 Å². The average Bonchev–Trinajstić information content (AvgIpc) is 2.76. The van der Waals surface area contributed by atoms with E-state index in [0.29, 0.717) is 6.54 Å². The molecule has 106 valence electrons. The lowest BCUT2D eigenvalue weighted by atomic mass is 10.0. The summed E-state index contributed by atoms with van der Waals surface area (Å²) in [7, 11) is 0. The molecule has 1 unspecified atom stereocenters. The Balaban J connectivity index is 1.79. The number of halogens is 1. The fraction of sp³-hybridized carbons (Fsp3) is 0.400. The van der Waals surface area contributed by atoms with Gasteiger partial charge in [0.1, 0.15) is 11.6 Å². The topological polar surface area (TPSA) is 38.1 Å². The molecule has 2 heterocycles. The normalized spacial score (nSPS) is 18.1. The van der Waals surface area contributed by atoms with Gasteiger partial charge in [-0.05, 0) is 37.7 Å². The van der Waals surface area contributed by atoms with Gasteiger partial charge in [0.25, 0.3) is 0 Å². The van der Waals surface area contributed by atoms with Crippen LogP contribution in [0.5, 0.6) is 0 Å². The van der Waals surface area contributed by atoms with Gasteiger partial charge in [0.2, 0.25) is 0 Å². The Morgan fingerprint density at radius 2 is 2.30 bits per heavy atom. The second-order valence-electron chi connectivity index (χ2n) is 5.03. The highest BCUT2D eigenvalue weighted by Crippen LogP contribution is 2.37. The number of fused-ring (bicyclic) bond motifs is 1. The molecule has 0 spiro atoms. The summed E-state index contributed by atoms with van der Waals surface area (Å²) >= 11 is 1.60. The molecule has 5 heteroatoms. The number of nitrogens with zero attached hydrogens (tertiary/aromatic N) is 1. The van der Waals surface area contributed by atoms with Crippen LogP contribution in [0.2, 0.25) is 0 Å². The minimum Gasteiger partial charge on any atom is -0.361 e. The van der Waals surface area contributed by atoms with Crippen molar-refractivity contribution < 1.29 is 8.91 Å². The summed E-state index contributed by atoms with van der Waals surface area (Å²) in [5, 5.41) is 7.47. The van der Waals surface area contributed by atoms with E-state index in [2.05, 4.69) is 10.5 Å². The maximum atomic E-state index is 13.8. The van der Waals surface area contributed by atoms with Gasteiger partial charge in [0.05, 0.1) is 5.69 Å². The molecule has 1 aliphatic rings. The third kappa shape index (κ3) is 2.47. The first kappa shape index (κ1) is 13.6. The largest absolute Gasteiger partial charge is 0.361 e. The van der Waals surface area contributed by atoms with E-state index in [0.717, 1.165) is 39.7 Å². The lowest BCUT2D eigenvalue weighted by molar-refractivity contribution is 0.391. The minimum absolute atomic E-state index is 0.115. The predicted octanol–water partition coefficient (Wildman–Crippen LogP) is 3.76. The lowest BCUT2D eigenvalue weighted by Gasteiger charge is -2.26. The SMILES string of the molecule is Cc1noc(C)c1CNC1CCSc2c(F)cccc21. The molecule has 0 fully saturated rings. The average molecular weight is 292 g/mol. The highest BCUT2D eigenvalue weighted by Gasteiger charge is 2.23. The van der Waals surface area contributed by atoms with Crippen molar-refractivity contribution in [1.29, 1.82) is 0 Å². The Kier molecular flexibility index (Phi) is 3.81. The number of aryl methyl sites for hydroxylation is 2. The minimum atomic E-state index is -0.115. The van der Waals surface area contributed by atoms with Gasteiger partial charge in [0.15, 0.2) is 0 Å². The molecular formula is C15H17FN2OS. The Bertz CT molecular complexity index is 607. The Morgan fingerprint density at radius 3 is 3.05 bits per heavy atom. The first-order valence-electron chi connectivity index (χ1n) is 6.73. The number of aromatic nitrogens is 1. The van der Waals surface area contributed by atoms with Crippen LogP contribution in [0.4, 0.5) is 4.39 Å². The zero-order valence-corrected chi connectivity index (χ0v) is 12.4. The molecule has 0 amide bonds. The summed E-state index contributed by atoms with van der Waals surface area (Å²) in [4.78, 5) is 0.787. The number of hydrogen-bond donors (Lipinski definition) is 1. The van der Waals surface area contributed by atoms with Gasteiger partial charge in [-0.3, -0.25) is 0 Å². The predicted molar refractivity (Wildman–Crippen MR) is 77.3 cm³/mol. The van der Waals surface area contributed by atoms with Crippen molar-refractivity contribution in [2.24, 2.45) is 0 Å². The number of benzene rings is 1. The van der Waals surface area contributed by atoms with Gasteiger partial charge in [-0.25, -0.2) is 4.39 Å². The fourth-order valence-electron chi connectivity index (χ4n) is 2.58. The molecule has 0 radical (unpaired) electrons. The van der Waals surface area contributed by atoms with Gasteiger partial charge in [-0.1, -0.05) is 17.3 Å². The van der Waals surface area contributed by atoms with Gasteiger partial charge in [-0.15, -0.1) is 11.8 Å². The fourth-order valence-corrected chi connectivity index (χ4v) is 3.72. The molecule has 3 nitrogen and oxygen atoms in total. The van der Waals surface area contributed by atoms with E-state index in [1.54, 1.807) is 17.8 Å². The second kappa shape index (κ2) is 5.58. The smallest absolute Gasteiger partial charge is 0.138 e. The first-order chi connectivity index (χ1) is 9.66. The third-order valence-corrected chi connectivity index (χ3v) is 4.89. The molecule has 1 aromatic carbocycles. The van der Waals surface area contributed by atoms with Crippen molar-refractivity contribution in [3.63, 3.8) is 0 Å². The van der Waals surface area contributed by atoms with E-state index in [1.165, 1.54) is 6.07 Å². The number of rotatable bonds is 3. The zero-order chi connectivity index (χ0) is 14.1. The highest BCUT2D eigenvalue weighted by atomic mass is 32.2. The van der Waals surface area contributed by atoms with Gasteiger partial charge in [-0.2, -0.15) is 0 Å². The molecule has 1 N–H and O–H groups in total. The molecular weight excluding hydrogens is 275 g/mol. The lowest BCUT2D eigenvalue weighted by Crippen LogP contribution is -2.25. The van der Waals surface area contributed by atoms with E-state index in [-0.39, 0.29) is 11.9 Å². The molecule has 0 aliphatic carbocycles. The van der Waals surface area contributed by atoms with Crippen molar-refractivity contribution in [3.8, 4) is 0 Å². The summed E-state index contributed by atoms with van der Waals surface area (Å²) < 4.78 is 19.0. The summed E-state index contributed by atoms with van der Waals surface area (Å²) in [5.74, 6) is 1.67.